The maximum Gasteiger partial charge on any atom is 0.0295 e. The molecule has 4 heteroatoms. The van der Waals surface area contributed by atoms with Gasteiger partial charge in [-0.25, -0.2) is 0 Å². The molecule has 0 saturated carbocycles. The van der Waals surface area contributed by atoms with E-state index in [2.05, 4.69) is 38.1 Å². The van der Waals surface area contributed by atoms with Gasteiger partial charge < -0.3 is 22.9 Å². The molecule has 4 nitrogen and oxygen atoms in total. The predicted molar refractivity (Wildman–Crippen MR) is 95.3 cm³/mol. The summed E-state index contributed by atoms with van der Waals surface area (Å²) in [7, 11) is 0. The number of nitrogens with two attached hydrogens (primary N) is 4. The van der Waals surface area contributed by atoms with Crippen molar-refractivity contribution in [1.29, 1.82) is 0 Å². The van der Waals surface area contributed by atoms with Crippen molar-refractivity contribution in [2.24, 2.45) is 22.9 Å². The molecule has 0 amide bonds. The van der Waals surface area contributed by atoms with Gasteiger partial charge in [-0.1, -0.05) is 38.1 Å². The Balaban J connectivity index is 2.51. The Kier molecular flexibility index (Phi) is 8.64. The Morgan fingerprint density at radius 1 is 0.636 bits per heavy atom. The molecule has 0 saturated heterocycles. The van der Waals surface area contributed by atoms with Gasteiger partial charge in [0.25, 0.3) is 0 Å². The lowest BCUT2D eigenvalue weighted by molar-refractivity contribution is 0.517. The average molecular weight is 306 g/mol. The van der Waals surface area contributed by atoms with E-state index in [9.17, 15) is 0 Å². The predicted octanol–water partition coefficient (Wildman–Crippen LogP) is 2.72. The van der Waals surface area contributed by atoms with Gasteiger partial charge in [0.2, 0.25) is 0 Å². The lowest BCUT2D eigenvalue weighted by atomic mass is 9.95. The highest BCUT2D eigenvalue weighted by Gasteiger charge is 2.11. The highest BCUT2D eigenvalue weighted by molar-refractivity contribution is 5.26. The summed E-state index contributed by atoms with van der Waals surface area (Å²) in [6.45, 7) is 4.22. The summed E-state index contributed by atoms with van der Waals surface area (Å²) < 4.78 is 0. The standard InChI is InChI=1S/C18H34N4/c1-3-15(19)9-11-17(21)13-5-7-14(8-6-13)18(22)12-10-16(20)4-2/h5-8,15-18H,3-4,9-12,19-22H2,1-2H3. The minimum absolute atomic E-state index is 0.0522. The SMILES string of the molecule is CCC(N)CCC(N)c1ccc(C(N)CCC(N)CC)cc1. The molecule has 1 aromatic carbocycles. The molecule has 8 N–H and O–H groups in total. The summed E-state index contributed by atoms with van der Waals surface area (Å²) in [6.07, 6.45) is 5.78. The van der Waals surface area contributed by atoms with Crippen LogP contribution >= 0.6 is 0 Å². The Morgan fingerprint density at radius 3 is 1.23 bits per heavy atom. The zero-order valence-corrected chi connectivity index (χ0v) is 14.2. The molecular weight excluding hydrogens is 272 g/mol. The second-order valence-corrected chi connectivity index (χ2v) is 6.37. The first-order chi connectivity index (χ1) is 10.5. The topological polar surface area (TPSA) is 104 Å². The molecule has 22 heavy (non-hydrogen) atoms. The van der Waals surface area contributed by atoms with Crippen molar-refractivity contribution >= 4 is 0 Å². The van der Waals surface area contributed by atoms with E-state index in [0.717, 1.165) is 49.7 Å². The van der Waals surface area contributed by atoms with Crippen LogP contribution in [-0.2, 0) is 0 Å². The van der Waals surface area contributed by atoms with Gasteiger partial charge in [-0.05, 0) is 49.7 Å². The van der Waals surface area contributed by atoms with Crippen LogP contribution in [0.15, 0.2) is 24.3 Å². The van der Waals surface area contributed by atoms with Crippen LogP contribution in [0.25, 0.3) is 0 Å². The molecule has 0 radical (unpaired) electrons. The van der Waals surface area contributed by atoms with Crippen LogP contribution in [0.1, 0.15) is 75.6 Å². The maximum atomic E-state index is 6.24. The molecule has 0 heterocycles. The molecular formula is C18H34N4. The summed E-state index contributed by atoms with van der Waals surface area (Å²) in [6, 6.07) is 8.98. The molecule has 0 bridgehead atoms. The zero-order valence-electron chi connectivity index (χ0n) is 14.2. The first-order valence-electron chi connectivity index (χ1n) is 8.60. The van der Waals surface area contributed by atoms with Crippen LogP contribution in [0.2, 0.25) is 0 Å². The molecule has 4 atom stereocenters. The minimum atomic E-state index is 0.0522. The number of rotatable bonds is 10. The Morgan fingerprint density at radius 2 is 0.955 bits per heavy atom. The van der Waals surface area contributed by atoms with E-state index in [1.165, 1.54) is 0 Å². The van der Waals surface area contributed by atoms with Crippen LogP contribution < -0.4 is 22.9 Å². The van der Waals surface area contributed by atoms with E-state index < -0.39 is 0 Å². The second kappa shape index (κ2) is 9.95. The summed E-state index contributed by atoms with van der Waals surface area (Å²) >= 11 is 0. The summed E-state index contributed by atoms with van der Waals surface area (Å²) in [4.78, 5) is 0. The Bertz CT molecular complexity index is 365. The van der Waals surface area contributed by atoms with Crippen LogP contribution in [-0.4, -0.2) is 12.1 Å². The fourth-order valence-electron chi connectivity index (χ4n) is 2.52. The van der Waals surface area contributed by atoms with Crippen molar-refractivity contribution in [2.75, 3.05) is 0 Å². The van der Waals surface area contributed by atoms with Crippen molar-refractivity contribution in [3.05, 3.63) is 35.4 Å². The largest absolute Gasteiger partial charge is 0.328 e. The van der Waals surface area contributed by atoms with Crippen molar-refractivity contribution in [2.45, 2.75) is 76.5 Å². The Hall–Kier alpha value is -0.940. The second-order valence-electron chi connectivity index (χ2n) is 6.37. The van der Waals surface area contributed by atoms with Gasteiger partial charge in [-0.3, -0.25) is 0 Å². The highest BCUT2D eigenvalue weighted by Crippen LogP contribution is 2.22. The van der Waals surface area contributed by atoms with Crippen molar-refractivity contribution < 1.29 is 0 Å². The third-order valence-electron chi connectivity index (χ3n) is 4.54. The number of hydrogen-bond acceptors (Lipinski definition) is 4. The summed E-state index contributed by atoms with van der Waals surface area (Å²) in [5, 5.41) is 0. The van der Waals surface area contributed by atoms with Crippen molar-refractivity contribution in [1.82, 2.24) is 0 Å². The summed E-state index contributed by atoms with van der Waals surface area (Å²) in [5.74, 6) is 0. The van der Waals surface area contributed by atoms with E-state index in [1.54, 1.807) is 0 Å². The average Bonchev–Trinajstić information content (AvgIpc) is 2.56. The fourth-order valence-corrected chi connectivity index (χ4v) is 2.52. The quantitative estimate of drug-likeness (QED) is 0.533. The molecule has 0 aliphatic rings. The molecule has 126 valence electrons. The first kappa shape index (κ1) is 19.1. The van der Waals surface area contributed by atoms with E-state index in [4.69, 9.17) is 22.9 Å². The number of hydrogen-bond donors (Lipinski definition) is 4. The van der Waals surface area contributed by atoms with E-state index in [-0.39, 0.29) is 24.2 Å². The zero-order chi connectivity index (χ0) is 16.5. The van der Waals surface area contributed by atoms with Gasteiger partial charge in [0.15, 0.2) is 0 Å². The van der Waals surface area contributed by atoms with Gasteiger partial charge in [0, 0.05) is 24.2 Å². The normalized spacial score (nSPS) is 17.0. The maximum absolute atomic E-state index is 6.24. The molecule has 0 fully saturated rings. The molecule has 4 unspecified atom stereocenters. The first-order valence-corrected chi connectivity index (χ1v) is 8.60. The minimum Gasteiger partial charge on any atom is -0.328 e. The molecule has 1 rings (SSSR count). The van der Waals surface area contributed by atoms with Crippen molar-refractivity contribution in [3.8, 4) is 0 Å². The number of benzene rings is 1. The molecule has 1 aromatic rings. The van der Waals surface area contributed by atoms with E-state index >= 15 is 0 Å². The van der Waals surface area contributed by atoms with E-state index in [0.29, 0.717) is 0 Å². The van der Waals surface area contributed by atoms with E-state index in [1.807, 2.05) is 0 Å². The lowest BCUT2D eigenvalue weighted by Crippen LogP contribution is -2.22. The molecule has 0 aliphatic heterocycles. The van der Waals surface area contributed by atoms with Crippen LogP contribution in [0, 0.1) is 0 Å². The lowest BCUT2D eigenvalue weighted by Gasteiger charge is -2.17. The van der Waals surface area contributed by atoms with Crippen molar-refractivity contribution in [3.63, 3.8) is 0 Å². The van der Waals surface area contributed by atoms with Crippen LogP contribution in [0.5, 0.6) is 0 Å². The van der Waals surface area contributed by atoms with Crippen LogP contribution in [0.3, 0.4) is 0 Å². The summed E-state index contributed by atoms with van der Waals surface area (Å²) in [5.41, 5.74) is 26.7. The van der Waals surface area contributed by atoms with Crippen LogP contribution in [0.4, 0.5) is 0 Å². The Labute approximate surface area is 135 Å². The molecule has 0 spiro atoms. The highest BCUT2D eigenvalue weighted by atomic mass is 14.7. The van der Waals surface area contributed by atoms with Gasteiger partial charge in [-0.2, -0.15) is 0 Å². The van der Waals surface area contributed by atoms with Gasteiger partial charge >= 0.3 is 0 Å². The fraction of sp³-hybridized carbons (Fsp3) is 0.667. The van der Waals surface area contributed by atoms with Gasteiger partial charge in [0.05, 0.1) is 0 Å². The molecule has 0 aliphatic carbocycles. The monoisotopic (exact) mass is 306 g/mol. The molecule has 0 aromatic heterocycles. The third-order valence-corrected chi connectivity index (χ3v) is 4.54. The smallest absolute Gasteiger partial charge is 0.0295 e. The van der Waals surface area contributed by atoms with Gasteiger partial charge in [0.1, 0.15) is 0 Å². The van der Waals surface area contributed by atoms with Gasteiger partial charge in [-0.15, -0.1) is 0 Å². The third kappa shape index (κ3) is 6.44.